The Bertz CT molecular complexity index is 324. The lowest BCUT2D eigenvalue weighted by Crippen LogP contribution is -2.12. The standard InChI is InChI=1S/C11H13ClFNO/c1-15-14-11(8-13)7-4-9-2-5-10(12)6-3-9/h2-3,5-7,14H,4,8H2,1H3. The molecule has 0 saturated heterocycles. The molecule has 0 atom stereocenters. The lowest BCUT2D eigenvalue weighted by atomic mass is 10.1. The highest BCUT2D eigenvalue weighted by molar-refractivity contribution is 6.30. The summed E-state index contributed by atoms with van der Waals surface area (Å²) in [7, 11) is 1.45. The van der Waals surface area contributed by atoms with Gasteiger partial charge in [-0.3, -0.25) is 10.3 Å². The average molecular weight is 230 g/mol. The van der Waals surface area contributed by atoms with E-state index in [0.29, 0.717) is 17.1 Å². The number of hydrogen-bond acceptors (Lipinski definition) is 2. The maximum absolute atomic E-state index is 12.4. The van der Waals surface area contributed by atoms with E-state index in [1.54, 1.807) is 6.08 Å². The molecule has 0 spiro atoms. The zero-order valence-corrected chi connectivity index (χ0v) is 9.22. The van der Waals surface area contributed by atoms with Gasteiger partial charge in [-0.25, -0.2) is 4.39 Å². The van der Waals surface area contributed by atoms with E-state index in [0.717, 1.165) is 5.56 Å². The number of nitrogens with one attached hydrogen (secondary N) is 1. The average Bonchev–Trinajstić information content (AvgIpc) is 2.26. The summed E-state index contributed by atoms with van der Waals surface area (Å²) in [6, 6.07) is 7.43. The molecule has 1 N–H and O–H groups in total. The van der Waals surface area contributed by atoms with Gasteiger partial charge in [0.1, 0.15) is 6.67 Å². The van der Waals surface area contributed by atoms with Crippen molar-refractivity contribution in [1.82, 2.24) is 5.48 Å². The van der Waals surface area contributed by atoms with Crippen LogP contribution in [0.4, 0.5) is 4.39 Å². The van der Waals surface area contributed by atoms with Crippen LogP contribution in [0.25, 0.3) is 0 Å². The number of allylic oxidation sites excluding steroid dienone is 2. The molecule has 4 heteroatoms. The van der Waals surface area contributed by atoms with Crippen LogP contribution in [0.15, 0.2) is 36.0 Å². The zero-order valence-electron chi connectivity index (χ0n) is 8.47. The highest BCUT2D eigenvalue weighted by Crippen LogP contribution is 2.10. The van der Waals surface area contributed by atoms with E-state index in [9.17, 15) is 4.39 Å². The van der Waals surface area contributed by atoms with Crippen molar-refractivity contribution in [3.8, 4) is 0 Å². The van der Waals surface area contributed by atoms with Crippen molar-refractivity contribution in [3.63, 3.8) is 0 Å². The van der Waals surface area contributed by atoms with Crippen LogP contribution < -0.4 is 5.48 Å². The molecule has 0 aromatic heterocycles. The normalized spacial score (nSPS) is 11.5. The summed E-state index contributed by atoms with van der Waals surface area (Å²) in [5.74, 6) is 0. The Morgan fingerprint density at radius 2 is 2.13 bits per heavy atom. The highest BCUT2D eigenvalue weighted by Gasteiger charge is 1.95. The van der Waals surface area contributed by atoms with Crippen molar-refractivity contribution in [2.45, 2.75) is 6.42 Å². The predicted octanol–water partition coefficient (Wildman–Crippen LogP) is 2.89. The van der Waals surface area contributed by atoms with Crippen LogP contribution in [0.5, 0.6) is 0 Å². The molecule has 0 aliphatic carbocycles. The minimum atomic E-state index is -0.568. The first-order valence-corrected chi connectivity index (χ1v) is 4.92. The summed E-state index contributed by atoms with van der Waals surface area (Å²) in [5, 5.41) is 0.698. The van der Waals surface area contributed by atoms with Crippen molar-refractivity contribution in [2.75, 3.05) is 13.8 Å². The highest BCUT2D eigenvalue weighted by atomic mass is 35.5. The Kier molecular flexibility index (Phi) is 5.15. The number of benzene rings is 1. The summed E-state index contributed by atoms with van der Waals surface area (Å²) < 4.78 is 12.4. The molecular weight excluding hydrogens is 217 g/mol. The van der Waals surface area contributed by atoms with E-state index in [-0.39, 0.29) is 0 Å². The number of hydroxylamine groups is 1. The van der Waals surface area contributed by atoms with Crippen LogP contribution in [0, 0.1) is 0 Å². The molecule has 0 unspecified atom stereocenters. The molecular formula is C11H13ClFNO. The second-order valence-electron chi connectivity index (χ2n) is 3.00. The molecule has 0 heterocycles. The van der Waals surface area contributed by atoms with E-state index in [1.807, 2.05) is 24.3 Å². The van der Waals surface area contributed by atoms with Crippen LogP contribution in [-0.4, -0.2) is 13.8 Å². The number of rotatable bonds is 5. The van der Waals surface area contributed by atoms with Gasteiger partial charge in [0.25, 0.3) is 0 Å². The Hall–Kier alpha value is -1.06. The Labute approximate surface area is 93.7 Å². The molecule has 0 saturated carbocycles. The fourth-order valence-corrected chi connectivity index (χ4v) is 1.24. The van der Waals surface area contributed by atoms with Crippen molar-refractivity contribution in [2.24, 2.45) is 0 Å². The second kappa shape index (κ2) is 6.43. The van der Waals surface area contributed by atoms with E-state index in [2.05, 4.69) is 10.3 Å². The third-order valence-corrected chi connectivity index (χ3v) is 2.13. The molecule has 0 bridgehead atoms. The number of halogens is 2. The van der Waals surface area contributed by atoms with Gasteiger partial charge in [-0.15, -0.1) is 0 Å². The van der Waals surface area contributed by atoms with Crippen molar-refractivity contribution in [1.29, 1.82) is 0 Å². The smallest absolute Gasteiger partial charge is 0.131 e. The molecule has 1 rings (SSSR count). The van der Waals surface area contributed by atoms with E-state index >= 15 is 0 Å². The molecule has 0 radical (unpaired) electrons. The lowest BCUT2D eigenvalue weighted by molar-refractivity contribution is 0.112. The molecule has 2 nitrogen and oxygen atoms in total. The number of hydrogen-bond donors (Lipinski definition) is 1. The maximum Gasteiger partial charge on any atom is 0.131 e. The molecule has 15 heavy (non-hydrogen) atoms. The van der Waals surface area contributed by atoms with Gasteiger partial charge in [0.15, 0.2) is 0 Å². The summed E-state index contributed by atoms with van der Waals surface area (Å²) in [6.45, 7) is -0.568. The molecule has 0 fully saturated rings. The summed E-state index contributed by atoms with van der Waals surface area (Å²) in [4.78, 5) is 4.62. The molecule has 1 aromatic rings. The third kappa shape index (κ3) is 4.32. The summed E-state index contributed by atoms with van der Waals surface area (Å²) >= 11 is 5.74. The predicted molar refractivity (Wildman–Crippen MR) is 59.4 cm³/mol. The minimum Gasteiger partial charge on any atom is -0.280 e. The fraction of sp³-hybridized carbons (Fsp3) is 0.273. The minimum absolute atomic E-state index is 0.424. The Balaban J connectivity index is 2.57. The van der Waals surface area contributed by atoms with Crippen molar-refractivity contribution >= 4 is 11.6 Å². The maximum atomic E-state index is 12.4. The van der Waals surface area contributed by atoms with Crippen LogP contribution >= 0.6 is 11.6 Å². The van der Waals surface area contributed by atoms with Crippen LogP contribution in [0.1, 0.15) is 5.56 Å². The third-order valence-electron chi connectivity index (χ3n) is 1.87. The molecule has 0 amide bonds. The zero-order chi connectivity index (χ0) is 11.1. The van der Waals surface area contributed by atoms with Gasteiger partial charge in [-0.1, -0.05) is 29.8 Å². The van der Waals surface area contributed by atoms with Gasteiger partial charge < -0.3 is 0 Å². The first-order chi connectivity index (χ1) is 7.26. The first-order valence-electron chi connectivity index (χ1n) is 4.54. The second-order valence-corrected chi connectivity index (χ2v) is 3.44. The molecule has 0 aliphatic rings. The quantitative estimate of drug-likeness (QED) is 0.784. The Morgan fingerprint density at radius 1 is 1.47 bits per heavy atom. The molecule has 1 aromatic carbocycles. The summed E-state index contributed by atoms with van der Waals surface area (Å²) in [6.07, 6.45) is 2.39. The van der Waals surface area contributed by atoms with Gasteiger partial charge in [0.05, 0.1) is 12.8 Å². The van der Waals surface area contributed by atoms with E-state index in [1.165, 1.54) is 7.11 Å². The van der Waals surface area contributed by atoms with Gasteiger partial charge in [0.2, 0.25) is 0 Å². The lowest BCUT2D eigenvalue weighted by Gasteiger charge is -2.04. The fourth-order valence-electron chi connectivity index (χ4n) is 1.12. The molecule has 82 valence electrons. The largest absolute Gasteiger partial charge is 0.280 e. The van der Waals surface area contributed by atoms with Crippen LogP contribution in [0.2, 0.25) is 5.02 Å². The molecule has 0 aliphatic heterocycles. The van der Waals surface area contributed by atoms with E-state index < -0.39 is 6.67 Å². The van der Waals surface area contributed by atoms with Crippen LogP contribution in [0.3, 0.4) is 0 Å². The van der Waals surface area contributed by atoms with Gasteiger partial charge in [-0.2, -0.15) is 0 Å². The Morgan fingerprint density at radius 3 is 2.67 bits per heavy atom. The monoisotopic (exact) mass is 229 g/mol. The van der Waals surface area contributed by atoms with Crippen molar-refractivity contribution in [3.05, 3.63) is 46.6 Å². The topological polar surface area (TPSA) is 21.3 Å². The van der Waals surface area contributed by atoms with Crippen molar-refractivity contribution < 1.29 is 9.23 Å². The van der Waals surface area contributed by atoms with E-state index in [4.69, 9.17) is 11.6 Å². The van der Waals surface area contributed by atoms with Gasteiger partial charge in [0, 0.05) is 5.02 Å². The number of alkyl halides is 1. The SMILES string of the molecule is CONC(=CCc1ccc(Cl)cc1)CF. The van der Waals surface area contributed by atoms with Gasteiger partial charge in [-0.05, 0) is 24.1 Å². The first kappa shape index (κ1) is 12.0. The summed E-state index contributed by atoms with van der Waals surface area (Å²) in [5.41, 5.74) is 3.97. The van der Waals surface area contributed by atoms with Crippen LogP contribution in [-0.2, 0) is 11.3 Å². The van der Waals surface area contributed by atoms with Gasteiger partial charge >= 0.3 is 0 Å².